The predicted molar refractivity (Wildman–Crippen MR) is 107 cm³/mol. The third-order valence-corrected chi connectivity index (χ3v) is 3.68. The Morgan fingerprint density at radius 1 is 1.19 bits per heavy atom. The molecule has 0 saturated carbocycles. The monoisotopic (exact) mass is 357 g/mol. The van der Waals surface area contributed by atoms with Crippen LogP contribution in [0.3, 0.4) is 0 Å². The number of aromatic nitrogens is 1. The van der Waals surface area contributed by atoms with Crippen LogP contribution in [0.2, 0.25) is 0 Å². The smallest absolute Gasteiger partial charge is 0.195 e. The Labute approximate surface area is 155 Å². The van der Waals surface area contributed by atoms with Crippen molar-refractivity contribution in [3.05, 3.63) is 42.1 Å². The maximum atomic E-state index is 5.61. The van der Waals surface area contributed by atoms with Crippen molar-refractivity contribution in [2.45, 2.75) is 13.5 Å². The van der Waals surface area contributed by atoms with E-state index in [9.17, 15) is 0 Å². The van der Waals surface area contributed by atoms with Gasteiger partial charge in [0.15, 0.2) is 17.5 Å². The van der Waals surface area contributed by atoms with Gasteiger partial charge in [-0.1, -0.05) is 0 Å². The van der Waals surface area contributed by atoms with E-state index >= 15 is 0 Å². The van der Waals surface area contributed by atoms with E-state index in [0.717, 1.165) is 17.1 Å². The van der Waals surface area contributed by atoms with Crippen LogP contribution >= 0.6 is 0 Å². The molecule has 0 radical (unpaired) electrons. The van der Waals surface area contributed by atoms with Crippen LogP contribution in [0.4, 0.5) is 11.5 Å². The Balaban J connectivity index is 2.04. The van der Waals surface area contributed by atoms with E-state index in [0.29, 0.717) is 30.6 Å². The van der Waals surface area contributed by atoms with Gasteiger partial charge in [0.05, 0.1) is 13.7 Å². The zero-order chi connectivity index (χ0) is 18.9. The number of hydrogen-bond acceptors (Lipinski definition) is 5. The first-order valence-electron chi connectivity index (χ1n) is 8.48. The van der Waals surface area contributed by atoms with E-state index in [-0.39, 0.29) is 0 Å². The third kappa shape index (κ3) is 5.27. The average molecular weight is 357 g/mol. The zero-order valence-electron chi connectivity index (χ0n) is 16.0. The summed E-state index contributed by atoms with van der Waals surface area (Å²) < 4.78 is 10.9. The van der Waals surface area contributed by atoms with Crippen LogP contribution in [0.15, 0.2) is 41.5 Å². The number of guanidine groups is 1. The second kappa shape index (κ2) is 9.50. The molecule has 0 bridgehead atoms. The van der Waals surface area contributed by atoms with E-state index < -0.39 is 0 Å². The molecule has 0 aliphatic carbocycles. The summed E-state index contributed by atoms with van der Waals surface area (Å²) in [6, 6.07) is 9.71. The van der Waals surface area contributed by atoms with E-state index in [4.69, 9.17) is 9.47 Å². The van der Waals surface area contributed by atoms with Crippen molar-refractivity contribution in [3.63, 3.8) is 0 Å². The van der Waals surface area contributed by atoms with Crippen molar-refractivity contribution in [1.82, 2.24) is 10.3 Å². The number of nitrogens with one attached hydrogen (secondary N) is 2. The number of anilines is 2. The summed E-state index contributed by atoms with van der Waals surface area (Å²) in [6.07, 6.45) is 1.81. The molecular weight excluding hydrogens is 330 g/mol. The second-order valence-electron chi connectivity index (χ2n) is 5.77. The number of ether oxygens (including phenoxy) is 2. The lowest BCUT2D eigenvalue weighted by Crippen LogP contribution is -2.30. The van der Waals surface area contributed by atoms with Gasteiger partial charge in [-0.05, 0) is 36.8 Å². The Morgan fingerprint density at radius 2 is 2.00 bits per heavy atom. The highest BCUT2D eigenvalue weighted by Crippen LogP contribution is 2.30. The van der Waals surface area contributed by atoms with Crippen LogP contribution in [0.5, 0.6) is 11.5 Å². The van der Waals surface area contributed by atoms with Gasteiger partial charge in [0.2, 0.25) is 0 Å². The molecule has 1 aromatic carbocycles. The van der Waals surface area contributed by atoms with Crippen LogP contribution in [0, 0.1) is 0 Å². The van der Waals surface area contributed by atoms with Crippen molar-refractivity contribution in [2.75, 3.05) is 45.1 Å². The predicted octanol–water partition coefficient (Wildman–Crippen LogP) is 2.74. The molecule has 0 aliphatic heterocycles. The minimum absolute atomic E-state index is 0.572. The summed E-state index contributed by atoms with van der Waals surface area (Å²) in [7, 11) is 7.31. The van der Waals surface area contributed by atoms with E-state index in [1.165, 1.54) is 0 Å². The summed E-state index contributed by atoms with van der Waals surface area (Å²) >= 11 is 0. The molecule has 0 amide bonds. The highest BCUT2D eigenvalue weighted by Gasteiger charge is 2.07. The van der Waals surface area contributed by atoms with Crippen molar-refractivity contribution < 1.29 is 9.47 Å². The molecule has 7 nitrogen and oxygen atoms in total. The highest BCUT2D eigenvalue weighted by atomic mass is 16.5. The van der Waals surface area contributed by atoms with Crippen molar-refractivity contribution in [3.8, 4) is 11.5 Å². The number of pyridine rings is 1. The molecule has 7 heteroatoms. The van der Waals surface area contributed by atoms with Crippen LogP contribution < -0.4 is 25.0 Å². The second-order valence-corrected chi connectivity index (χ2v) is 5.77. The first-order valence-corrected chi connectivity index (χ1v) is 8.48. The van der Waals surface area contributed by atoms with Gasteiger partial charge in [-0.2, -0.15) is 0 Å². The molecular formula is C19H27N5O2. The Morgan fingerprint density at radius 3 is 2.65 bits per heavy atom. The number of rotatable bonds is 7. The SMILES string of the molecule is CCOc1cc(NC(=NC)NCc2ccnc(N(C)C)c2)ccc1OC. The average Bonchev–Trinajstić information content (AvgIpc) is 2.65. The topological polar surface area (TPSA) is 71.0 Å². The summed E-state index contributed by atoms with van der Waals surface area (Å²) in [5.41, 5.74) is 1.99. The maximum Gasteiger partial charge on any atom is 0.195 e. The van der Waals surface area contributed by atoms with Crippen LogP contribution in [-0.4, -0.2) is 45.8 Å². The third-order valence-electron chi connectivity index (χ3n) is 3.68. The number of methoxy groups -OCH3 is 1. The number of nitrogens with zero attached hydrogens (tertiary/aromatic N) is 3. The quantitative estimate of drug-likeness (QED) is 0.586. The molecule has 0 atom stereocenters. The number of hydrogen-bond donors (Lipinski definition) is 2. The zero-order valence-corrected chi connectivity index (χ0v) is 16.0. The Hall–Kier alpha value is -2.96. The van der Waals surface area contributed by atoms with Crippen molar-refractivity contribution in [2.24, 2.45) is 4.99 Å². The Kier molecular flexibility index (Phi) is 7.08. The fourth-order valence-electron chi connectivity index (χ4n) is 2.34. The maximum absolute atomic E-state index is 5.61. The molecule has 26 heavy (non-hydrogen) atoms. The molecule has 0 unspecified atom stereocenters. The fraction of sp³-hybridized carbons (Fsp3) is 0.368. The Bertz CT molecular complexity index is 746. The molecule has 0 fully saturated rings. The molecule has 1 aromatic heterocycles. The van der Waals surface area contributed by atoms with E-state index in [1.54, 1.807) is 20.4 Å². The molecule has 0 saturated heterocycles. The van der Waals surface area contributed by atoms with Gasteiger partial charge in [0, 0.05) is 45.6 Å². The van der Waals surface area contributed by atoms with Gasteiger partial charge in [-0.3, -0.25) is 4.99 Å². The lowest BCUT2D eigenvalue weighted by Gasteiger charge is -2.15. The van der Waals surface area contributed by atoms with Crippen LogP contribution in [0.1, 0.15) is 12.5 Å². The van der Waals surface area contributed by atoms with Gasteiger partial charge in [-0.25, -0.2) is 4.98 Å². The minimum Gasteiger partial charge on any atom is -0.493 e. The first kappa shape index (κ1) is 19.4. The van der Waals surface area contributed by atoms with Crippen molar-refractivity contribution >= 4 is 17.5 Å². The molecule has 140 valence electrons. The summed E-state index contributed by atoms with van der Waals surface area (Å²) in [5.74, 6) is 2.98. The van der Waals surface area contributed by atoms with E-state index in [2.05, 4.69) is 20.6 Å². The first-order chi connectivity index (χ1) is 12.6. The van der Waals surface area contributed by atoms with Crippen LogP contribution in [0.25, 0.3) is 0 Å². The lowest BCUT2D eigenvalue weighted by molar-refractivity contribution is 0.311. The number of benzene rings is 1. The van der Waals surface area contributed by atoms with E-state index in [1.807, 2.05) is 56.3 Å². The van der Waals surface area contributed by atoms with Gasteiger partial charge in [-0.15, -0.1) is 0 Å². The van der Waals surface area contributed by atoms with Gasteiger partial charge >= 0.3 is 0 Å². The minimum atomic E-state index is 0.572. The molecule has 2 N–H and O–H groups in total. The van der Waals surface area contributed by atoms with Gasteiger partial charge in [0.1, 0.15) is 5.82 Å². The molecule has 2 rings (SSSR count). The summed E-state index contributed by atoms with van der Waals surface area (Å²) in [5, 5.41) is 6.56. The fourth-order valence-corrected chi connectivity index (χ4v) is 2.34. The highest BCUT2D eigenvalue weighted by molar-refractivity contribution is 5.93. The normalized spacial score (nSPS) is 11.0. The molecule has 2 aromatic rings. The number of aliphatic imine (C=N–C) groups is 1. The summed E-state index contributed by atoms with van der Waals surface area (Å²) in [6.45, 7) is 3.15. The van der Waals surface area contributed by atoms with Gasteiger partial charge < -0.3 is 25.0 Å². The largest absolute Gasteiger partial charge is 0.493 e. The molecule has 0 aliphatic rings. The van der Waals surface area contributed by atoms with Crippen molar-refractivity contribution in [1.29, 1.82) is 0 Å². The van der Waals surface area contributed by atoms with Gasteiger partial charge in [0.25, 0.3) is 0 Å². The molecule has 1 heterocycles. The molecule has 0 spiro atoms. The lowest BCUT2D eigenvalue weighted by atomic mass is 10.2. The standard InChI is InChI=1S/C19H27N5O2/c1-6-26-17-12-15(7-8-16(17)25-5)23-19(20-2)22-13-14-9-10-21-18(11-14)24(3)4/h7-12H,6,13H2,1-5H3,(H2,20,22,23). The van der Waals surface area contributed by atoms with Crippen LogP contribution in [-0.2, 0) is 6.54 Å². The summed E-state index contributed by atoms with van der Waals surface area (Å²) in [4.78, 5) is 10.6.